The topological polar surface area (TPSA) is 46.5 Å². The van der Waals surface area contributed by atoms with Crippen LogP contribution in [0.25, 0.3) is 0 Å². The summed E-state index contributed by atoms with van der Waals surface area (Å²) in [6.07, 6.45) is -1.04. The molecule has 1 N–H and O–H groups in total. The van der Waals surface area contributed by atoms with Gasteiger partial charge in [0.2, 0.25) is 0 Å². The summed E-state index contributed by atoms with van der Waals surface area (Å²) in [6.45, 7) is 2.08. The lowest BCUT2D eigenvalue weighted by atomic mass is 9.88. The van der Waals surface area contributed by atoms with Crippen molar-refractivity contribution < 1.29 is 27.8 Å². The second-order valence-electron chi connectivity index (χ2n) is 5.53. The van der Waals surface area contributed by atoms with Gasteiger partial charge in [-0.25, -0.2) is 4.79 Å². The summed E-state index contributed by atoms with van der Waals surface area (Å²) in [5.74, 6) is -0.930. The fourth-order valence-corrected chi connectivity index (χ4v) is 2.64. The maximum Gasteiger partial charge on any atom is 0.416 e. The van der Waals surface area contributed by atoms with E-state index in [9.17, 15) is 18.0 Å². The fourth-order valence-electron chi connectivity index (χ4n) is 2.64. The quantitative estimate of drug-likeness (QED) is 0.902. The Kier molecular flexibility index (Phi) is 4.44. The van der Waals surface area contributed by atoms with Crippen molar-refractivity contribution in [3.05, 3.63) is 29.3 Å². The van der Waals surface area contributed by atoms with Crippen molar-refractivity contribution in [2.24, 2.45) is 5.92 Å². The monoisotopic (exact) mass is 302 g/mol. The molecule has 1 aliphatic carbocycles. The van der Waals surface area contributed by atoms with Crippen LogP contribution in [0.3, 0.4) is 0 Å². The minimum Gasteiger partial charge on any atom is -0.490 e. The second kappa shape index (κ2) is 5.95. The van der Waals surface area contributed by atoms with E-state index in [0.29, 0.717) is 12.0 Å². The van der Waals surface area contributed by atoms with Crippen LogP contribution >= 0.6 is 0 Å². The average molecular weight is 302 g/mol. The molecule has 0 aromatic heterocycles. The van der Waals surface area contributed by atoms with Gasteiger partial charge in [-0.15, -0.1) is 0 Å². The molecule has 3 nitrogen and oxygen atoms in total. The molecule has 0 heterocycles. The molecule has 0 bridgehead atoms. The number of carboxylic acids is 1. The molecule has 0 saturated heterocycles. The highest BCUT2D eigenvalue weighted by molar-refractivity contribution is 5.91. The molecular weight excluding hydrogens is 285 g/mol. The summed E-state index contributed by atoms with van der Waals surface area (Å²) in [5, 5.41) is 9.09. The Morgan fingerprint density at radius 2 is 2.05 bits per heavy atom. The van der Waals surface area contributed by atoms with E-state index in [0.717, 1.165) is 37.8 Å². The van der Waals surface area contributed by atoms with Crippen LogP contribution in [0.2, 0.25) is 0 Å². The van der Waals surface area contributed by atoms with E-state index in [1.165, 1.54) is 0 Å². The number of hydrogen-bond acceptors (Lipinski definition) is 2. The molecule has 0 aliphatic heterocycles. The van der Waals surface area contributed by atoms with Gasteiger partial charge in [0, 0.05) is 0 Å². The third kappa shape index (κ3) is 3.89. The summed E-state index contributed by atoms with van der Waals surface area (Å²) < 4.78 is 43.6. The van der Waals surface area contributed by atoms with Crippen molar-refractivity contribution in [3.63, 3.8) is 0 Å². The van der Waals surface area contributed by atoms with E-state index in [-0.39, 0.29) is 11.9 Å². The van der Waals surface area contributed by atoms with Crippen molar-refractivity contribution in [3.8, 4) is 5.75 Å². The predicted octanol–water partition coefficient (Wildman–Crippen LogP) is 4.36. The molecule has 0 amide bonds. The number of benzene rings is 1. The van der Waals surface area contributed by atoms with Gasteiger partial charge in [0.15, 0.2) is 0 Å². The summed E-state index contributed by atoms with van der Waals surface area (Å²) in [6, 6.07) is 2.59. The number of carbonyl (C=O) groups is 1. The minimum atomic E-state index is -4.57. The number of hydrogen-bond donors (Lipinski definition) is 1. The summed E-state index contributed by atoms with van der Waals surface area (Å²) in [5.41, 5.74) is -1.42. The first-order valence-corrected chi connectivity index (χ1v) is 6.88. The Labute approximate surface area is 120 Å². The molecule has 1 aromatic rings. The Bertz CT molecular complexity index is 525. The van der Waals surface area contributed by atoms with Gasteiger partial charge in [-0.2, -0.15) is 13.2 Å². The molecule has 2 atom stereocenters. The van der Waals surface area contributed by atoms with Gasteiger partial charge < -0.3 is 9.84 Å². The number of ether oxygens (including phenoxy) is 1. The van der Waals surface area contributed by atoms with E-state index >= 15 is 0 Å². The summed E-state index contributed by atoms with van der Waals surface area (Å²) in [4.78, 5) is 11.2. The van der Waals surface area contributed by atoms with Crippen LogP contribution in [0.4, 0.5) is 13.2 Å². The van der Waals surface area contributed by atoms with Crippen molar-refractivity contribution in [1.29, 1.82) is 0 Å². The third-order valence-electron chi connectivity index (χ3n) is 3.72. The predicted molar refractivity (Wildman–Crippen MR) is 70.5 cm³/mol. The van der Waals surface area contributed by atoms with Gasteiger partial charge in [0.25, 0.3) is 0 Å². The highest BCUT2D eigenvalue weighted by Gasteiger charge is 2.32. The molecule has 21 heavy (non-hydrogen) atoms. The molecule has 2 rings (SSSR count). The molecular formula is C15H17F3O3. The number of aromatic carboxylic acids is 1. The zero-order valence-corrected chi connectivity index (χ0v) is 11.6. The summed E-state index contributed by atoms with van der Waals surface area (Å²) >= 11 is 0. The van der Waals surface area contributed by atoms with Crippen LogP contribution in [0.5, 0.6) is 5.75 Å². The second-order valence-corrected chi connectivity index (χ2v) is 5.53. The molecule has 6 heteroatoms. The smallest absolute Gasteiger partial charge is 0.416 e. The SMILES string of the molecule is CC1CCCC(Oc2ccc(C(F)(F)F)cc2C(=O)O)C1. The van der Waals surface area contributed by atoms with Crippen molar-refractivity contribution in [1.82, 2.24) is 0 Å². The molecule has 0 spiro atoms. The van der Waals surface area contributed by atoms with E-state index in [1.54, 1.807) is 0 Å². The van der Waals surface area contributed by atoms with Crippen LogP contribution in [0.1, 0.15) is 48.5 Å². The van der Waals surface area contributed by atoms with Crippen LogP contribution in [0, 0.1) is 5.92 Å². The molecule has 1 saturated carbocycles. The fraction of sp³-hybridized carbons (Fsp3) is 0.533. The van der Waals surface area contributed by atoms with Gasteiger partial charge in [-0.1, -0.05) is 13.3 Å². The van der Waals surface area contributed by atoms with Gasteiger partial charge in [-0.05, 0) is 43.4 Å². The van der Waals surface area contributed by atoms with Crippen LogP contribution in [-0.2, 0) is 6.18 Å². The Hall–Kier alpha value is -1.72. The molecule has 1 aromatic carbocycles. The highest BCUT2D eigenvalue weighted by Crippen LogP contribution is 2.34. The van der Waals surface area contributed by atoms with Gasteiger partial charge in [0.1, 0.15) is 11.3 Å². The van der Waals surface area contributed by atoms with E-state index in [1.807, 2.05) is 0 Å². The Morgan fingerprint density at radius 1 is 1.33 bits per heavy atom. The van der Waals surface area contributed by atoms with Crippen LogP contribution in [-0.4, -0.2) is 17.2 Å². The first-order valence-electron chi connectivity index (χ1n) is 6.88. The lowest BCUT2D eigenvalue weighted by Crippen LogP contribution is -2.25. The number of alkyl halides is 3. The van der Waals surface area contributed by atoms with Crippen LogP contribution in [0.15, 0.2) is 18.2 Å². The zero-order valence-electron chi connectivity index (χ0n) is 11.6. The highest BCUT2D eigenvalue weighted by atomic mass is 19.4. The lowest BCUT2D eigenvalue weighted by molar-refractivity contribution is -0.137. The zero-order chi connectivity index (χ0) is 15.6. The van der Waals surface area contributed by atoms with Gasteiger partial charge >= 0.3 is 12.1 Å². The first-order chi connectivity index (χ1) is 9.77. The minimum absolute atomic E-state index is 0.00889. The lowest BCUT2D eigenvalue weighted by Gasteiger charge is -2.28. The van der Waals surface area contributed by atoms with E-state index < -0.39 is 23.3 Å². The Balaban J connectivity index is 2.24. The van der Waals surface area contributed by atoms with Gasteiger partial charge in [0.05, 0.1) is 11.7 Å². The average Bonchev–Trinajstić information content (AvgIpc) is 2.37. The van der Waals surface area contributed by atoms with Crippen LogP contribution < -0.4 is 4.74 Å². The largest absolute Gasteiger partial charge is 0.490 e. The maximum atomic E-state index is 12.6. The number of rotatable bonds is 3. The van der Waals surface area contributed by atoms with Crippen molar-refractivity contribution in [2.75, 3.05) is 0 Å². The van der Waals surface area contributed by atoms with E-state index in [2.05, 4.69) is 6.92 Å². The Morgan fingerprint density at radius 3 is 2.62 bits per heavy atom. The van der Waals surface area contributed by atoms with E-state index in [4.69, 9.17) is 9.84 Å². The third-order valence-corrected chi connectivity index (χ3v) is 3.72. The first kappa shape index (κ1) is 15.7. The number of carboxylic acid groups (broad SMARTS) is 1. The number of halogens is 3. The molecule has 0 radical (unpaired) electrons. The summed E-state index contributed by atoms with van der Waals surface area (Å²) in [7, 11) is 0. The maximum absolute atomic E-state index is 12.6. The van der Waals surface area contributed by atoms with Crippen molar-refractivity contribution in [2.45, 2.75) is 44.9 Å². The molecule has 1 fully saturated rings. The van der Waals surface area contributed by atoms with Crippen molar-refractivity contribution >= 4 is 5.97 Å². The molecule has 116 valence electrons. The normalized spacial score (nSPS) is 22.9. The standard InChI is InChI=1S/C15H17F3O3/c1-9-3-2-4-11(7-9)21-13-6-5-10(15(16,17)18)8-12(13)14(19)20/h5-6,8-9,11H,2-4,7H2,1H3,(H,19,20). The van der Waals surface area contributed by atoms with Gasteiger partial charge in [-0.3, -0.25) is 0 Å². The molecule has 1 aliphatic rings. The molecule has 2 unspecified atom stereocenters.